The van der Waals surface area contributed by atoms with Gasteiger partial charge in [0.25, 0.3) is 0 Å². The fourth-order valence-electron chi connectivity index (χ4n) is 1.32. The molecular weight excluding hydrogens is 239 g/mol. The van der Waals surface area contributed by atoms with E-state index in [1.54, 1.807) is 12.1 Å². The van der Waals surface area contributed by atoms with Crippen molar-refractivity contribution >= 4 is 39.9 Å². The van der Waals surface area contributed by atoms with Crippen LogP contribution in [0.2, 0.25) is 10.3 Å². The van der Waals surface area contributed by atoms with Crippen molar-refractivity contribution in [2.75, 3.05) is 0 Å². The normalized spacial score (nSPS) is 10.5. The van der Waals surface area contributed by atoms with Crippen molar-refractivity contribution in [2.24, 2.45) is 0 Å². The molecule has 0 aliphatic heterocycles. The molecule has 1 aromatic carbocycles. The predicted molar refractivity (Wildman–Crippen MR) is 56.5 cm³/mol. The van der Waals surface area contributed by atoms with Gasteiger partial charge in [-0.2, -0.15) is 0 Å². The lowest BCUT2D eigenvalue weighted by atomic mass is 10.1. The summed E-state index contributed by atoms with van der Waals surface area (Å²) in [6, 6.07) is 4.66. The number of aromatic carboxylic acids is 1. The van der Waals surface area contributed by atoms with Gasteiger partial charge in [0, 0.05) is 10.8 Å². The van der Waals surface area contributed by atoms with Crippen molar-refractivity contribution in [3.8, 4) is 0 Å². The quantitative estimate of drug-likeness (QED) is 0.836. The number of carbonyl (C=O) groups is 1. The molecule has 0 aliphatic rings. The SMILES string of the molecule is O=C(O)c1cccc2c(Cl)nnc(Cl)c12. The smallest absolute Gasteiger partial charge is 0.336 e. The van der Waals surface area contributed by atoms with E-state index in [-0.39, 0.29) is 15.9 Å². The molecule has 0 bridgehead atoms. The fourth-order valence-corrected chi connectivity index (χ4v) is 1.75. The number of benzene rings is 1. The number of carboxylic acid groups (broad SMARTS) is 1. The molecule has 6 heteroatoms. The van der Waals surface area contributed by atoms with E-state index >= 15 is 0 Å². The Morgan fingerprint density at radius 1 is 1.20 bits per heavy atom. The molecule has 15 heavy (non-hydrogen) atoms. The van der Waals surface area contributed by atoms with Crippen LogP contribution in [0.1, 0.15) is 10.4 Å². The summed E-state index contributed by atoms with van der Waals surface area (Å²) < 4.78 is 0. The molecule has 0 amide bonds. The van der Waals surface area contributed by atoms with E-state index in [9.17, 15) is 4.79 Å². The molecule has 1 aromatic heterocycles. The van der Waals surface area contributed by atoms with Crippen LogP contribution in [0.4, 0.5) is 0 Å². The average Bonchev–Trinajstić information content (AvgIpc) is 2.23. The molecule has 1 N–H and O–H groups in total. The second-order valence-corrected chi connectivity index (χ2v) is 3.53. The molecule has 0 radical (unpaired) electrons. The summed E-state index contributed by atoms with van der Waals surface area (Å²) in [5.41, 5.74) is 0.0642. The minimum atomic E-state index is -1.08. The molecule has 0 unspecified atom stereocenters. The maximum absolute atomic E-state index is 10.9. The van der Waals surface area contributed by atoms with Gasteiger partial charge in [-0.3, -0.25) is 0 Å². The largest absolute Gasteiger partial charge is 0.478 e. The van der Waals surface area contributed by atoms with Crippen LogP contribution in [-0.2, 0) is 0 Å². The van der Waals surface area contributed by atoms with Crippen LogP contribution >= 0.6 is 23.2 Å². The van der Waals surface area contributed by atoms with E-state index in [1.165, 1.54) is 6.07 Å². The lowest BCUT2D eigenvalue weighted by Gasteiger charge is -2.03. The first-order chi connectivity index (χ1) is 7.11. The minimum Gasteiger partial charge on any atom is -0.478 e. The number of halogens is 2. The number of fused-ring (bicyclic) bond motifs is 1. The fraction of sp³-hybridized carbons (Fsp3) is 0. The van der Waals surface area contributed by atoms with Gasteiger partial charge in [0.1, 0.15) is 0 Å². The topological polar surface area (TPSA) is 63.1 Å². The van der Waals surface area contributed by atoms with Crippen LogP contribution < -0.4 is 0 Å². The van der Waals surface area contributed by atoms with E-state index in [2.05, 4.69) is 10.2 Å². The number of rotatable bonds is 1. The zero-order valence-electron chi connectivity index (χ0n) is 7.24. The molecule has 0 saturated carbocycles. The van der Waals surface area contributed by atoms with Gasteiger partial charge in [0.2, 0.25) is 0 Å². The maximum atomic E-state index is 10.9. The van der Waals surface area contributed by atoms with E-state index < -0.39 is 5.97 Å². The Kier molecular flexibility index (Phi) is 2.46. The van der Waals surface area contributed by atoms with Gasteiger partial charge in [-0.1, -0.05) is 35.3 Å². The highest BCUT2D eigenvalue weighted by molar-refractivity contribution is 6.39. The van der Waals surface area contributed by atoms with Crippen LogP contribution in [0, 0.1) is 0 Å². The summed E-state index contributed by atoms with van der Waals surface area (Å²) >= 11 is 11.6. The Labute approximate surface area is 94.4 Å². The van der Waals surface area contributed by atoms with Crippen molar-refractivity contribution in [1.29, 1.82) is 0 Å². The lowest BCUT2D eigenvalue weighted by molar-refractivity contribution is 0.0699. The number of hydrogen-bond acceptors (Lipinski definition) is 3. The first-order valence-corrected chi connectivity index (χ1v) is 4.70. The van der Waals surface area contributed by atoms with E-state index in [1.807, 2.05) is 0 Å². The summed E-state index contributed by atoms with van der Waals surface area (Å²) in [4.78, 5) is 10.9. The first-order valence-electron chi connectivity index (χ1n) is 3.95. The summed E-state index contributed by atoms with van der Waals surface area (Å²) in [6.45, 7) is 0. The van der Waals surface area contributed by atoms with Crippen molar-refractivity contribution in [2.45, 2.75) is 0 Å². The van der Waals surface area contributed by atoms with Crippen LogP contribution in [0.25, 0.3) is 10.8 Å². The highest BCUT2D eigenvalue weighted by atomic mass is 35.5. The van der Waals surface area contributed by atoms with E-state index in [0.717, 1.165) is 0 Å². The molecule has 2 rings (SSSR count). The Morgan fingerprint density at radius 2 is 1.87 bits per heavy atom. The molecule has 4 nitrogen and oxygen atoms in total. The first kappa shape index (κ1) is 10.1. The third-order valence-corrected chi connectivity index (χ3v) is 2.49. The molecule has 0 fully saturated rings. The second kappa shape index (κ2) is 3.64. The molecule has 0 saturated heterocycles. The Balaban J connectivity index is 2.96. The standard InChI is InChI=1S/C9H4Cl2N2O2/c10-7-4-2-1-3-5(9(14)15)6(4)8(11)13-12-7/h1-3H,(H,14,15). The van der Waals surface area contributed by atoms with E-state index in [4.69, 9.17) is 28.3 Å². The van der Waals surface area contributed by atoms with Crippen molar-refractivity contribution in [1.82, 2.24) is 10.2 Å². The van der Waals surface area contributed by atoms with Gasteiger partial charge in [-0.15, -0.1) is 10.2 Å². The molecular formula is C9H4Cl2N2O2. The van der Waals surface area contributed by atoms with Gasteiger partial charge in [-0.05, 0) is 6.07 Å². The van der Waals surface area contributed by atoms with Crippen molar-refractivity contribution < 1.29 is 9.90 Å². The van der Waals surface area contributed by atoms with Gasteiger partial charge in [-0.25, -0.2) is 4.79 Å². The molecule has 2 aromatic rings. The van der Waals surface area contributed by atoms with Gasteiger partial charge in [0.15, 0.2) is 10.3 Å². The van der Waals surface area contributed by atoms with Gasteiger partial charge < -0.3 is 5.11 Å². The van der Waals surface area contributed by atoms with Crippen molar-refractivity contribution in [3.63, 3.8) is 0 Å². The van der Waals surface area contributed by atoms with Crippen LogP contribution in [0.3, 0.4) is 0 Å². The maximum Gasteiger partial charge on any atom is 0.336 e. The molecule has 0 atom stereocenters. The molecule has 1 heterocycles. The average molecular weight is 243 g/mol. The Hall–Kier alpha value is -1.39. The number of aromatic nitrogens is 2. The highest BCUT2D eigenvalue weighted by Crippen LogP contribution is 2.28. The van der Waals surface area contributed by atoms with Crippen LogP contribution in [-0.4, -0.2) is 21.3 Å². The number of hydrogen-bond donors (Lipinski definition) is 1. The van der Waals surface area contributed by atoms with Crippen LogP contribution in [0.5, 0.6) is 0 Å². The number of carboxylic acids is 1. The zero-order chi connectivity index (χ0) is 11.0. The summed E-state index contributed by atoms with van der Waals surface area (Å²) in [6.07, 6.45) is 0. The Morgan fingerprint density at radius 3 is 2.53 bits per heavy atom. The number of nitrogens with zero attached hydrogens (tertiary/aromatic N) is 2. The second-order valence-electron chi connectivity index (χ2n) is 2.81. The third-order valence-electron chi connectivity index (χ3n) is 1.95. The minimum absolute atomic E-state index is 0.0346. The zero-order valence-corrected chi connectivity index (χ0v) is 8.75. The lowest BCUT2D eigenvalue weighted by Crippen LogP contribution is -1.99. The predicted octanol–water partition coefficient (Wildman–Crippen LogP) is 2.63. The third kappa shape index (κ3) is 1.62. The van der Waals surface area contributed by atoms with Crippen LogP contribution in [0.15, 0.2) is 18.2 Å². The van der Waals surface area contributed by atoms with E-state index in [0.29, 0.717) is 10.8 Å². The molecule has 0 aliphatic carbocycles. The summed E-state index contributed by atoms with van der Waals surface area (Å²) in [7, 11) is 0. The molecule has 0 spiro atoms. The highest BCUT2D eigenvalue weighted by Gasteiger charge is 2.14. The monoisotopic (exact) mass is 242 g/mol. The van der Waals surface area contributed by atoms with Gasteiger partial charge >= 0.3 is 5.97 Å². The summed E-state index contributed by atoms with van der Waals surface area (Å²) in [5, 5.41) is 17.1. The van der Waals surface area contributed by atoms with Crippen molar-refractivity contribution in [3.05, 3.63) is 34.1 Å². The summed E-state index contributed by atoms with van der Waals surface area (Å²) in [5.74, 6) is -1.08. The Bertz CT molecular complexity index is 557. The van der Waals surface area contributed by atoms with Gasteiger partial charge in [0.05, 0.1) is 5.56 Å². The molecule has 76 valence electrons.